The van der Waals surface area contributed by atoms with E-state index < -0.39 is 5.25 Å². The minimum Gasteiger partial charge on any atom is -0.325 e. The van der Waals surface area contributed by atoms with Crippen molar-refractivity contribution >= 4 is 29.1 Å². The van der Waals surface area contributed by atoms with Gasteiger partial charge in [-0.2, -0.15) is 0 Å². The Morgan fingerprint density at radius 2 is 1.90 bits per heavy atom. The van der Waals surface area contributed by atoms with E-state index in [0.29, 0.717) is 28.8 Å². The van der Waals surface area contributed by atoms with Gasteiger partial charge in [0, 0.05) is 23.4 Å². The maximum Gasteiger partial charge on any atom is 0.237 e. The molecular formula is C21H21FN4O2S. The fourth-order valence-corrected chi connectivity index (χ4v) is 3.66. The third-order valence-electron chi connectivity index (χ3n) is 4.32. The molecule has 1 amide bonds. The number of rotatable bonds is 7. The second-order valence-electron chi connectivity index (χ2n) is 6.44. The van der Waals surface area contributed by atoms with E-state index in [9.17, 15) is 14.0 Å². The fourth-order valence-electron chi connectivity index (χ4n) is 2.74. The average molecular weight is 412 g/mol. The third kappa shape index (κ3) is 4.89. The van der Waals surface area contributed by atoms with Crippen molar-refractivity contribution in [3.05, 3.63) is 59.9 Å². The van der Waals surface area contributed by atoms with Gasteiger partial charge in [-0.1, -0.05) is 23.9 Å². The molecule has 2 aromatic carbocycles. The number of amides is 1. The number of hydrogen-bond donors (Lipinski definition) is 1. The van der Waals surface area contributed by atoms with E-state index in [-0.39, 0.29) is 17.5 Å². The van der Waals surface area contributed by atoms with Crippen LogP contribution in [0.3, 0.4) is 0 Å². The lowest BCUT2D eigenvalue weighted by molar-refractivity contribution is -0.115. The summed E-state index contributed by atoms with van der Waals surface area (Å²) in [6.45, 7) is 5.83. The number of aromatic nitrogens is 3. The molecule has 0 spiro atoms. The van der Waals surface area contributed by atoms with Gasteiger partial charge in [0.05, 0.1) is 5.25 Å². The van der Waals surface area contributed by atoms with E-state index in [2.05, 4.69) is 15.5 Å². The van der Waals surface area contributed by atoms with Gasteiger partial charge >= 0.3 is 0 Å². The molecule has 1 aromatic heterocycles. The molecule has 6 nitrogen and oxygen atoms in total. The van der Waals surface area contributed by atoms with Crippen LogP contribution in [0.1, 0.15) is 31.1 Å². The van der Waals surface area contributed by atoms with E-state index in [1.165, 1.54) is 30.8 Å². The molecule has 0 aliphatic carbocycles. The number of carbonyl (C=O) groups excluding carboxylic acids is 2. The molecule has 1 N–H and O–H groups in total. The smallest absolute Gasteiger partial charge is 0.237 e. The quantitative estimate of drug-likeness (QED) is 0.459. The predicted octanol–water partition coefficient (Wildman–Crippen LogP) is 4.43. The topological polar surface area (TPSA) is 76.9 Å². The number of nitrogens with zero attached hydrogens (tertiary/aromatic N) is 3. The van der Waals surface area contributed by atoms with Crippen LogP contribution in [0.5, 0.6) is 0 Å². The Morgan fingerprint density at radius 3 is 2.55 bits per heavy atom. The van der Waals surface area contributed by atoms with Gasteiger partial charge < -0.3 is 9.88 Å². The summed E-state index contributed by atoms with van der Waals surface area (Å²) in [5, 5.41) is 11.4. The van der Waals surface area contributed by atoms with Crippen LogP contribution in [0.4, 0.5) is 10.1 Å². The van der Waals surface area contributed by atoms with E-state index >= 15 is 0 Å². The highest BCUT2D eigenvalue weighted by molar-refractivity contribution is 8.00. The second kappa shape index (κ2) is 9.00. The number of hydrogen-bond acceptors (Lipinski definition) is 5. The maximum absolute atomic E-state index is 13.2. The van der Waals surface area contributed by atoms with Gasteiger partial charge in [0.25, 0.3) is 0 Å². The van der Waals surface area contributed by atoms with Crippen LogP contribution in [0, 0.1) is 5.82 Å². The van der Waals surface area contributed by atoms with Crippen molar-refractivity contribution in [1.82, 2.24) is 14.8 Å². The molecule has 1 heterocycles. The number of anilines is 1. The molecule has 3 rings (SSSR count). The summed E-state index contributed by atoms with van der Waals surface area (Å²) in [5.74, 6) is 0.0411. The molecular weight excluding hydrogens is 391 g/mol. The molecule has 1 unspecified atom stereocenters. The third-order valence-corrected chi connectivity index (χ3v) is 5.40. The number of nitrogens with one attached hydrogen (secondary N) is 1. The second-order valence-corrected chi connectivity index (χ2v) is 7.75. The van der Waals surface area contributed by atoms with E-state index in [0.717, 1.165) is 5.56 Å². The predicted molar refractivity (Wildman–Crippen MR) is 111 cm³/mol. The fraction of sp³-hybridized carbons (Fsp3) is 0.238. The number of thioether (sulfide) groups is 1. The number of carbonyl (C=O) groups is 2. The summed E-state index contributed by atoms with van der Waals surface area (Å²) in [6, 6.07) is 12.9. The van der Waals surface area contributed by atoms with Crippen LogP contribution in [-0.4, -0.2) is 31.7 Å². The van der Waals surface area contributed by atoms with Crippen LogP contribution >= 0.6 is 11.8 Å². The maximum atomic E-state index is 13.2. The standard InChI is InChI=1S/C21H21FN4O2S/c1-4-26-19(15-8-10-17(22)11-9-15)24-25-21(26)29-14(3)20(28)23-18-7-5-6-16(12-18)13(2)27/h5-12,14H,4H2,1-3H3,(H,23,28). The van der Waals surface area contributed by atoms with Crippen molar-refractivity contribution in [1.29, 1.82) is 0 Å². The molecule has 150 valence electrons. The number of halogens is 1. The molecule has 0 saturated heterocycles. The molecule has 0 aliphatic rings. The van der Waals surface area contributed by atoms with E-state index in [4.69, 9.17) is 0 Å². The number of ketones is 1. The highest BCUT2D eigenvalue weighted by Crippen LogP contribution is 2.27. The van der Waals surface area contributed by atoms with Crippen molar-refractivity contribution in [2.45, 2.75) is 37.7 Å². The minimum absolute atomic E-state index is 0.0621. The van der Waals surface area contributed by atoms with Crippen molar-refractivity contribution in [2.24, 2.45) is 0 Å². The van der Waals surface area contributed by atoms with Crippen molar-refractivity contribution in [3.63, 3.8) is 0 Å². The number of Topliss-reactive ketones (excluding diaryl/α,β-unsaturated/α-hetero) is 1. The lowest BCUT2D eigenvalue weighted by Crippen LogP contribution is -2.23. The zero-order chi connectivity index (χ0) is 21.0. The average Bonchev–Trinajstić information content (AvgIpc) is 3.11. The molecule has 0 aliphatic heterocycles. The Morgan fingerprint density at radius 1 is 1.17 bits per heavy atom. The molecule has 0 radical (unpaired) electrons. The SMILES string of the molecule is CCn1c(SC(C)C(=O)Nc2cccc(C(C)=O)c2)nnc1-c1ccc(F)cc1. The van der Waals surface area contributed by atoms with E-state index in [1.54, 1.807) is 43.3 Å². The molecule has 0 saturated carbocycles. The summed E-state index contributed by atoms with van der Waals surface area (Å²) in [5.41, 5.74) is 1.86. The largest absolute Gasteiger partial charge is 0.325 e. The Hall–Kier alpha value is -3.00. The van der Waals surface area contributed by atoms with Gasteiger partial charge in [0.2, 0.25) is 5.91 Å². The molecule has 1 atom stereocenters. The van der Waals surface area contributed by atoms with Gasteiger partial charge in [-0.25, -0.2) is 4.39 Å². The lowest BCUT2D eigenvalue weighted by atomic mass is 10.1. The van der Waals surface area contributed by atoms with Crippen LogP contribution < -0.4 is 5.32 Å². The van der Waals surface area contributed by atoms with Gasteiger partial charge in [0.15, 0.2) is 16.8 Å². The summed E-state index contributed by atoms with van der Waals surface area (Å²) in [7, 11) is 0. The first-order valence-corrected chi connectivity index (χ1v) is 10.0. The normalized spacial score (nSPS) is 11.9. The van der Waals surface area contributed by atoms with Crippen LogP contribution in [0.25, 0.3) is 11.4 Å². The summed E-state index contributed by atoms with van der Waals surface area (Å²) in [6.07, 6.45) is 0. The van der Waals surface area contributed by atoms with Crippen molar-refractivity contribution in [3.8, 4) is 11.4 Å². The monoisotopic (exact) mass is 412 g/mol. The first-order valence-electron chi connectivity index (χ1n) is 9.16. The minimum atomic E-state index is -0.438. The molecule has 0 fully saturated rings. The lowest BCUT2D eigenvalue weighted by Gasteiger charge is -2.13. The molecule has 0 bridgehead atoms. The Bertz CT molecular complexity index is 1030. The zero-order valence-corrected chi connectivity index (χ0v) is 17.2. The highest BCUT2D eigenvalue weighted by Gasteiger charge is 2.20. The van der Waals surface area contributed by atoms with Crippen LogP contribution in [0.2, 0.25) is 0 Å². The summed E-state index contributed by atoms with van der Waals surface area (Å²) >= 11 is 1.29. The van der Waals surface area contributed by atoms with E-state index in [1.807, 2.05) is 11.5 Å². The van der Waals surface area contributed by atoms with Gasteiger partial charge in [-0.15, -0.1) is 10.2 Å². The van der Waals surface area contributed by atoms with Gasteiger partial charge in [-0.05, 0) is 57.2 Å². The molecule has 8 heteroatoms. The summed E-state index contributed by atoms with van der Waals surface area (Å²) in [4.78, 5) is 24.1. The Kier molecular flexibility index (Phi) is 6.43. The zero-order valence-electron chi connectivity index (χ0n) is 16.3. The summed E-state index contributed by atoms with van der Waals surface area (Å²) < 4.78 is 15.1. The van der Waals surface area contributed by atoms with Crippen molar-refractivity contribution in [2.75, 3.05) is 5.32 Å². The highest BCUT2D eigenvalue weighted by atomic mass is 32.2. The van der Waals surface area contributed by atoms with Crippen molar-refractivity contribution < 1.29 is 14.0 Å². The van der Waals surface area contributed by atoms with Gasteiger partial charge in [0.1, 0.15) is 5.82 Å². The first kappa shape index (κ1) is 20.7. The van der Waals surface area contributed by atoms with Crippen LogP contribution in [-0.2, 0) is 11.3 Å². The van der Waals surface area contributed by atoms with Gasteiger partial charge in [-0.3, -0.25) is 9.59 Å². The Balaban J connectivity index is 1.74. The molecule has 3 aromatic rings. The van der Waals surface area contributed by atoms with Crippen LogP contribution in [0.15, 0.2) is 53.7 Å². The Labute approximate surface area is 172 Å². The number of benzene rings is 2. The first-order chi connectivity index (χ1) is 13.9. The molecule has 29 heavy (non-hydrogen) atoms.